The molecule has 0 saturated carbocycles. The van der Waals surface area contributed by atoms with Gasteiger partial charge in [-0.25, -0.2) is 8.78 Å². The van der Waals surface area contributed by atoms with Crippen molar-refractivity contribution in [2.45, 2.75) is 19.1 Å². The molecule has 6 heteroatoms. The minimum absolute atomic E-state index is 0.104. The Morgan fingerprint density at radius 3 is 2.57 bits per heavy atom. The van der Waals surface area contributed by atoms with Crippen LogP contribution in [0.2, 0.25) is 0 Å². The zero-order valence-corrected chi connectivity index (χ0v) is 15.4. The van der Waals surface area contributed by atoms with Gasteiger partial charge >= 0.3 is 0 Å². The highest BCUT2D eigenvalue weighted by Gasteiger charge is 2.23. The summed E-state index contributed by atoms with van der Waals surface area (Å²) in [6.45, 7) is 1.47. The van der Waals surface area contributed by atoms with Crippen molar-refractivity contribution in [3.8, 4) is 11.4 Å². The summed E-state index contributed by atoms with van der Waals surface area (Å²) in [6.07, 6.45) is 2.09. The average molecular weight is 382 g/mol. The SMILES string of the molecule is CN1CCC(Oc2cc(F)cc(F)c2)c2ccc(-n3ccccc3=O)cc2C1. The molecule has 144 valence electrons. The molecule has 4 rings (SSSR count). The molecule has 0 fully saturated rings. The summed E-state index contributed by atoms with van der Waals surface area (Å²) in [5.74, 6) is -1.17. The van der Waals surface area contributed by atoms with E-state index in [1.54, 1.807) is 16.8 Å². The number of fused-ring (bicyclic) bond motifs is 1. The van der Waals surface area contributed by atoms with Crippen molar-refractivity contribution in [3.63, 3.8) is 0 Å². The zero-order valence-electron chi connectivity index (χ0n) is 15.4. The number of halogens is 2. The maximum Gasteiger partial charge on any atom is 0.255 e. The van der Waals surface area contributed by atoms with E-state index in [1.165, 1.54) is 18.2 Å². The average Bonchev–Trinajstić information content (AvgIpc) is 2.79. The predicted octanol–water partition coefficient (Wildman–Crippen LogP) is 4.07. The van der Waals surface area contributed by atoms with Gasteiger partial charge in [0.25, 0.3) is 5.56 Å². The van der Waals surface area contributed by atoms with E-state index in [1.807, 2.05) is 31.3 Å². The predicted molar refractivity (Wildman–Crippen MR) is 103 cm³/mol. The fourth-order valence-corrected chi connectivity index (χ4v) is 3.58. The zero-order chi connectivity index (χ0) is 19.7. The van der Waals surface area contributed by atoms with Gasteiger partial charge in [0.15, 0.2) is 0 Å². The third-order valence-corrected chi connectivity index (χ3v) is 4.90. The van der Waals surface area contributed by atoms with Crippen molar-refractivity contribution >= 4 is 0 Å². The van der Waals surface area contributed by atoms with E-state index < -0.39 is 11.6 Å². The van der Waals surface area contributed by atoms with Crippen molar-refractivity contribution in [2.75, 3.05) is 13.6 Å². The number of pyridine rings is 1. The molecule has 1 aliphatic heterocycles. The first-order valence-corrected chi connectivity index (χ1v) is 9.12. The molecule has 2 aromatic carbocycles. The minimum atomic E-state index is -0.667. The van der Waals surface area contributed by atoms with Crippen LogP contribution in [0, 0.1) is 11.6 Å². The topological polar surface area (TPSA) is 34.5 Å². The van der Waals surface area contributed by atoms with Gasteiger partial charge < -0.3 is 9.64 Å². The summed E-state index contributed by atoms with van der Waals surface area (Å²) in [5, 5.41) is 0. The van der Waals surface area contributed by atoms with Crippen LogP contribution < -0.4 is 10.3 Å². The van der Waals surface area contributed by atoms with Crippen LogP contribution in [0.25, 0.3) is 5.69 Å². The van der Waals surface area contributed by atoms with Crippen LogP contribution >= 0.6 is 0 Å². The Labute approximate surface area is 161 Å². The van der Waals surface area contributed by atoms with E-state index in [2.05, 4.69) is 4.90 Å². The summed E-state index contributed by atoms with van der Waals surface area (Å²) in [7, 11) is 2.01. The van der Waals surface area contributed by atoms with Gasteiger partial charge in [0.2, 0.25) is 0 Å². The van der Waals surface area contributed by atoms with E-state index in [-0.39, 0.29) is 17.4 Å². The Morgan fingerprint density at radius 2 is 1.82 bits per heavy atom. The molecule has 0 bridgehead atoms. The van der Waals surface area contributed by atoms with Crippen LogP contribution in [0.5, 0.6) is 5.75 Å². The van der Waals surface area contributed by atoms with Crippen LogP contribution in [-0.4, -0.2) is 23.1 Å². The number of ether oxygens (including phenoxy) is 1. The second kappa shape index (κ2) is 7.56. The number of hydrogen-bond donors (Lipinski definition) is 0. The molecule has 4 nitrogen and oxygen atoms in total. The highest BCUT2D eigenvalue weighted by atomic mass is 19.1. The molecule has 1 aromatic heterocycles. The van der Waals surface area contributed by atoms with Crippen LogP contribution in [0.1, 0.15) is 23.7 Å². The van der Waals surface area contributed by atoms with E-state index in [0.29, 0.717) is 13.0 Å². The molecule has 1 aliphatic rings. The fraction of sp³-hybridized carbons (Fsp3) is 0.227. The van der Waals surface area contributed by atoms with E-state index in [4.69, 9.17) is 4.74 Å². The fourth-order valence-electron chi connectivity index (χ4n) is 3.58. The van der Waals surface area contributed by atoms with Gasteiger partial charge in [-0.3, -0.25) is 9.36 Å². The van der Waals surface area contributed by atoms with E-state index in [0.717, 1.165) is 29.4 Å². The maximum atomic E-state index is 13.5. The summed E-state index contributed by atoms with van der Waals surface area (Å²) in [6, 6.07) is 14.0. The second-order valence-corrected chi connectivity index (χ2v) is 7.03. The highest BCUT2D eigenvalue weighted by molar-refractivity contribution is 5.43. The van der Waals surface area contributed by atoms with Crippen LogP contribution in [-0.2, 0) is 6.54 Å². The number of rotatable bonds is 3. The Kier molecular flexibility index (Phi) is 4.96. The normalized spacial score (nSPS) is 17.0. The molecular formula is C22H20F2N2O2. The van der Waals surface area contributed by atoms with Gasteiger partial charge in [0.05, 0.1) is 0 Å². The van der Waals surface area contributed by atoms with Crippen molar-refractivity contribution in [1.82, 2.24) is 9.47 Å². The lowest BCUT2D eigenvalue weighted by molar-refractivity contribution is 0.181. The van der Waals surface area contributed by atoms with Gasteiger partial charge in [-0.1, -0.05) is 12.1 Å². The number of nitrogens with zero attached hydrogens (tertiary/aromatic N) is 2. The number of benzene rings is 2. The molecule has 1 unspecified atom stereocenters. The molecule has 1 atom stereocenters. The standard InChI is InChI=1S/C22H20F2N2O2/c1-25-9-7-21(28-19-12-16(23)11-17(24)13-19)20-6-5-18(10-15(20)14-25)26-8-3-2-4-22(26)27/h2-6,8,10-13,21H,7,9,14H2,1H3. The lowest BCUT2D eigenvalue weighted by Gasteiger charge is -2.20. The Hall–Kier alpha value is -2.99. The summed E-state index contributed by atoms with van der Waals surface area (Å²) >= 11 is 0. The minimum Gasteiger partial charge on any atom is -0.485 e. The lowest BCUT2D eigenvalue weighted by Crippen LogP contribution is -2.18. The molecule has 0 aliphatic carbocycles. The van der Waals surface area contributed by atoms with Gasteiger partial charge in [-0.15, -0.1) is 0 Å². The van der Waals surface area contributed by atoms with Crippen LogP contribution in [0.3, 0.4) is 0 Å². The first-order chi connectivity index (χ1) is 13.5. The first-order valence-electron chi connectivity index (χ1n) is 9.12. The van der Waals surface area contributed by atoms with Crippen molar-refractivity contribution in [3.05, 3.63) is 93.9 Å². The quantitative estimate of drug-likeness (QED) is 0.685. The molecule has 0 N–H and O–H groups in total. The Morgan fingerprint density at radius 1 is 1.04 bits per heavy atom. The first kappa shape index (κ1) is 18.4. The molecule has 0 radical (unpaired) electrons. The summed E-state index contributed by atoms with van der Waals surface area (Å²) < 4.78 is 34.6. The van der Waals surface area contributed by atoms with Gasteiger partial charge in [0, 0.05) is 55.7 Å². The van der Waals surface area contributed by atoms with Crippen molar-refractivity contribution < 1.29 is 13.5 Å². The van der Waals surface area contributed by atoms with Crippen molar-refractivity contribution in [2.24, 2.45) is 0 Å². The molecular weight excluding hydrogens is 362 g/mol. The highest BCUT2D eigenvalue weighted by Crippen LogP contribution is 2.32. The molecule has 3 aromatic rings. The maximum absolute atomic E-state index is 13.5. The second-order valence-electron chi connectivity index (χ2n) is 7.03. The largest absolute Gasteiger partial charge is 0.485 e. The van der Waals surface area contributed by atoms with E-state index in [9.17, 15) is 13.6 Å². The molecule has 0 saturated heterocycles. The molecule has 0 spiro atoms. The summed E-state index contributed by atoms with van der Waals surface area (Å²) in [5.41, 5.74) is 2.65. The summed E-state index contributed by atoms with van der Waals surface area (Å²) in [4.78, 5) is 14.3. The van der Waals surface area contributed by atoms with E-state index >= 15 is 0 Å². The van der Waals surface area contributed by atoms with Gasteiger partial charge in [-0.05, 0) is 36.4 Å². The third-order valence-electron chi connectivity index (χ3n) is 4.90. The molecule has 0 amide bonds. The van der Waals surface area contributed by atoms with Crippen LogP contribution in [0.4, 0.5) is 8.78 Å². The van der Waals surface area contributed by atoms with Gasteiger partial charge in [-0.2, -0.15) is 0 Å². The van der Waals surface area contributed by atoms with Gasteiger partial charge in [0.1, 0.15) is 23.5 Å². The molecule has 2 heterocycles. The molecule has 28 heavy (non-hydrogen) atoms. The monoisotopic (exact) mass is 382 g/mol. The van der Waals surface area contributed by atoms with Crippen molar-refractivity contribution in [1.29, 1.82) is 0 Å². The lowest BCUT2D eigenvalue weighted by atomic mass is 10.0. The Bertz CT molecular complexity index is 1040. The number of aromatic nitrogens is 1. The third kappa shape index (κ3) is 3.82. The Balaban J connectivity index is 1.72. The smallest absolute Gasteiger partial charge is 0.255 e. The number of hydrogen-bond acceptors (Lipinski definition) is 3. The van der Waals surface area contributed by atoms with Crippen LogP contribution in [0.15, 0.2) is 65.6 Å².